The number of nitrogens with zero attached hydrogens (tertiary/aromatic N) is 2. The molecule has 150 valence electrons. The minimum atomic E-state index is -0.0850. The van der Waals surface area contributed by atoms with Gasteiger partial charge in [-0.25, -0.2) is 4.98 Å². The summed E-state index contributed by atoms with van der Waals surface area (Å²) in [5.74, 6) is 2.23. The highest BCUT2D eigenvalue weighted by molar-refractivity contribution is 5.93. The van der Waals surface area contributed by atoms with E-state index in [0.29, 0.717) is 12.4 Å². The quantitative estimate of drug-likeness (QED) is 0.622. The Balaban J connectivity index is 1.34. The summed E-state index contributed by atoms with van der Waals surface area (Å²) in [5, 5.41) is 13.3. The van der Waals surface area contributed by atoms with Crippen molar-refractivity contribution in [2.45, 2.75) is 32.7 Å². The molecule has 1 aliphatic rings. The van der Waals surface area contributed by atoms with Crippen LogP contribution in [0.1, 0.15) is 23.4 Å². The van der Waals surface area contributed by atoms with Crippen molar-refractivity contribution < 1.29 is 9.53 Å². The van der Waals surface area contributed by atoms with Crippen molar-refractivity contribution >= 4 is 11.6 Å². The molecule has 7 nitrogen and oxygen atoms in total. The lowest BCUT2D eigenvalue weighted by atomic mass is 10.1. The zero-order valence-corrected chi connectivity index (χ0v) is 16.7. The first-order valence-electron chi connectivity index (χ1n) is 9.82. The number of ether oxygens (including phenoxy) is 1. The number of hydrogen-bond donors (Lipinski definition) is 3. The van der Waals surface area contributed by atoms with Gasteiger partial charge in [-0.05, 0) is 49.9 Å². The van der Waals surface area contributed by atoms with E-state index in [1.807, 2.05) is 50.2 Å². The summed E-state index contributed by atoms with van der Waals surface area (Å²) in [6.45, 7) is 4.61. The Morgan fingerprint density at radius 1 is 1.24 bits per heavy atom. The van der Waals surface area contributed by atoms with Crippen molar-refractivity contribution in [3.8, 4) is 17.1 Å². The van der Waals surface area contributed by atoms with Crippen LogP contribution in [-0.2, 0) is 11.2 Å². The highest BCUT2D eigenvalue weighted by Gasteiger charge is 2.17. The molecule has 3 N–H and O–H groups in total. The third-order valence-corrected chi connectivity index (χ3v) is 5.09. The number of benzene rings is 2. The Morgan fingerprint density at radius 2 is 2.10 bits per heavy atom. The van der Waals surface area contributed by atoms with Gasteiger partial charge in [0, 0.05) is 17.3 Å². The highest BCUT2D eigenvalue weighted by Crippen LogP contribution is 2.24. The van der Waals surface area contributed by atoms with Gasteiger partial charge in [0.2, 0.25) is 5.91 Å². The van der Waals surface area contributed by atoms with Crippen LogP contribution in [0.2, 0.25) is 0 Å². The van der Waals surface area contributed by atoms with Crippen molar-refractivity contribution in [2.24, 2.45) is 0 Å². The second-order valence-electron chi connectivity index (χ2n) is 7.36. The number of para-hydroxylation sites is 1. The van der Waals surface area contributed by atoms with Gasteiger partial charge in [-0.3, -0.25) is 9.89 Å². The number of aryl methyl sites for hydroxylation is 3. The molecule has 0 aliphatic carbocycles. The number of carbonyl (C=O) groups excluding carboxylic acids is 1. The van der Waals surface area contributed by atoms with Gasteiger partial charge >= 0.3 is 0 Å². The Bertz CT molecular complexity index is 987. The van der Waals surface area contributed by atoms with Crippen molar-refractivity contribution in [1.29, 1.82) is 0 Å². The minimum absolute atomic E-state index is 0.0850. The summed E-state index contributed by atoms with van der Waals surface area (Å²) in [7, 11) is 0. The topological polar surface area (TPSA) is 91.9 Å². The fourth-order valence-electron chi connectivity index (χ4n) is 3.41. The maximum Gasteiger partial charge on any atom is 0.238 e. The fraction of sp³-hybridized carbons (Fsp3) is 0.318. The van der Waals surface area contributed by atoms with E-state index in [-0.39, 0.29) is 18.5 Å². The third kappa shape index (κ3) is 4.63. The van der Waals surface area contributed by atoms with Crippen LogP contribution in [0.25, 0.3) is 11.4 Å². The average Bonchev–Trinajstić information content (AvgIpc) is 3.05. The smallest absolute Gasteiger partial charge is 0.238 e. The summed E-state index contributed by atoms with van der Waals surface area (Å²) < 4.78 is 5.89. The number of nitrogens with one attached hydrogen (secondary N) is 3. The van der Waals surface area contributed by atoms with Crippen LogP contribution in [0, 0.1) is 13.8 Å². The number of carbonyl (C=O) groups is 1. The number of rotatable bonds is 5. The van der Waals surface area contributed by atoms with Crippen LogP contribution in [0.15, 0.2) is 42.5 Å². The van der Waals surface area contributed by atoms with E-state index in [1.165, 1.54) is 5.56 Å². The molecule has 4 rings (SSSR count). The van der Waals surface area contributed by atoms with Crippen molar-refractivity contribution in [3.05, 3.63) is 59.4 Å². The SMILES string of the molecule is Cc1nc(-c2ccc(C)c(NC(=O)CNC3CCc4ccccc4OC3)c2)n[nH]1. The lowest BCUT2D eigenvalue weighted by Crippen LogP contribution is -2.39. The maximum absolute atomic E-state index is 12.5. The second-order valence-corrected chi connectivity index (χ2v) is 7.36. The first kappa shape index (κ1) is 19.1. The molecule has 0 saturated carbocycles. The van der Waals surface area contributed by atoms with Crippen LogP contribution in [0.5, 0.6) is 5.75 Å². The van der Waals surface area contributed by atoms with Crippen LogP contribution < -0.4 is 15.4 Å². The van der Waals surface area contributed by atoms with Gasteiger partial charge in [0.1, 0.15) is 18.2 Å². The number of amides is 1. The van der Waals surface area contributed by atoms with Crippen LogP contribution in [0.3, 0.4) is 0 Å². The number of hydrogen-bond acceptors (Lipinski definition) is 5. The molecule has 1 amide bonds. The summed E-state index contributed by atoms with van der Waals surface area (Å²) in [4.78, 5) is 16.9. The molecule has 1 aliphatic heterocycles. The minimum Gasteiger partial charge on any atom is -0.492 e. The number of aromatic nitrogens is 3. The molecular formula is C22H25N5O2. The molecule has 7 heteroatoms. The molecular weight excluding hydrogens is 366 g/mol. The predicted octanol–water partition coefficient (Wildman–Crippen LogP) is 3.01. The molecule has 1 atom stereocenters. The first-order valence-corrected chi connectivity index (χ1v) is 9.82. The van der Waals surface area contributed by atoms with Crippen molar-refractivity contribution in [3.63, 3.8) is 0 Å². The van der Waals surface area contributed by atoms with Gasteiger partial charge in [0.25, 0.3) is 0 Å². The van der Waals surface area contributed by atoms with E-state index >= 15 is 0 Å². The van der Waals surface area contributed by atoms with Gasteiger partial charge in [-0.1, -0.05) is 30.3 Å². The van der Waals surface area contributed by atoms with E-state index in [9.17, 15) is 4.79 Å². The number of H-pyrrole nitrogens is 1. The van der Waals surface area contributed by atoms with Crippen molar-refractivity contribution in [1.82, 2.24) is 20.5 Å². The first-order chi connectivity index (χ1) is 14.1. The largest absolute Gasteiger partial charge is 0.492 e. The summed E-state index contributed by atoms with van der Waals surface area (Å²) in [6.07, 6.45) is 1.87. The molecule has 0 saturated heterocycles. The van der Waals surface area contributed by atoms with E-state index in [1.54, 1.807) is 0 Å². The summed E-state index contributed by atoms with van der Waals surface area (Å²) in [6, 6.07) is 14.0. The Hall–Kier alpha value is -3.19. The molecule has 0 bridgehead atoms. The standard InChI is InChI=1S/C22H25N5O2/c1-14-7-8-17(22-24-15(2)26-27-22)11-19(14)25-21(28)12-23-18-10-9-16-5-3-4-6-20(16)29-13-18/h3-8,11,18,23H,9-10,12-13H2,1-2H3,(H,25,28)(H,24,26,27). The van der Waals surface area contributed by atoms with Crippen LogP contribution >= 0.6 is 0 Å². The van der Waals surface area contributed by atoms with Gasteiger partial charge < -0.3 is 15.4 Å². The van der Waals surface area contributed by atoms with Crippen molar-refractivity contribution in [2.75, 3.05) is 18.5 Å². The molecule has 0 radical (unpaired) electrons. The predicted molar refractivity (Wildman–Crippen MR) is 112 cm³/mol. The van der Waals surface area contributed by atoms with Gasteiger partial charge in [0.15, 0.2) is 5.82 Å². The summed E-state index contributed by atoms with van der Waals surface area (Å²) in [5.41, 5.74) is 3.83. The van der Waals surface area contributed by atoms with Gasteiger partial charge in [-0.15, -0.1) is 0 Å². The van der Waals surface area contributed by atoms with Gasteiger partial charge in [-0.2, -0.15) is 5.10 Å². The third-order valence-electron chi connectivity index (χ3n) is 5.09. The highest BCUT2D eigenvalue weighted by atomic mass is 16.5. The molecule has 2 heterocycles. The molecule has 0 fully saturated rings. The molecule has 2 aromatic carbocycles. The van der Waals surface area contributed by atoms with Gasteiger partial charge in [0.05, 0.1) is 6.54 Å². The van der Waals surface area contributed by atoms with E-state index < -0.39 is 0 Å². The zero-order valence-electron chi connectivity index (χ0n) is 16.7. The maximum atomic E-state index is 12.5. The number of aromatic amines is 1. The Morgan fingerprint density at radius 3 is 2.93 bits per heavy atom. The lowest BCUT2D eigenvalue weighted by molar-refractivity contribution is -0.115. The molecule has 3 aromatic rings. The molecule has 1 unspecified atom stereocenters. The normalized spacial score (nSPS) is 15.9. The molecule has 29 heavy (non-hydrogen) atoms. The summed E-state index contributed by atoms with van der Waals surface area (Å²) >= 11 is 0. The number of anilines is 1. The molecule has 0 spiro atoms. The monoisotopic (exact) mass is 391 g/mol. The Kier molecular flexibility index (Phi) is 5.57. The van der Waals surface area contributed by atoms with E-state index in [4.69, 9.17) is 4.74 Å². The fourth-order valence-corrected chi connectivity index (χ4v) is 3.41. The van der Waals surface area contributed by atoms with Crippen LogP contribution in [0.4, 0.5) is 5.69 Å². The van der Waals surface area contributed by atoms with E-state index in [2.05, 4.69) is 31.9 Å². The Labute approximate surface area is 169 Å². The second kappa shape index (κ2) is 8.45. The number of fused-ring (bicyclic) bond motifs is 1. The van der Waals surface area contributed by atoms with E-state index in [0.717, 1.165) is 41.2 Å². The molecule has 1 aromatic heterocycles. The van der Waals surface area contributed by atoms with Crippen LogP contribution in [-0.4, -0.2) is 40.3 Å². The average molecular weight is 391 g/mol. The zero-order chi connectivity index (χ0) is 20.2. The lowest BCUT2D eigenvalue weighted by Gasteiger charge is -2.16.